The predicted octanol–water partition coefficient (Wildman–Crippen LogP) is 2.35. The zero-order chi connectivity index (χ0) is 13.6. The molecule has 110 valence electrons. The number of anilines is 1. The highest BCUT2D eigenvalue weighted by molar-refractivity contribution is 7.13. The predicted molar refractivity (Wildman–Crippen MR) is 81.3 cm³/mol. The van der Waals surface area contributed by atoms with Gasteiger partial charge in [-0.05, 0) is 32.2 Å². The molecule has 0 unspecified atom stereocenters. The smallest absolute Gasteiger partial charge is 0.185 e. The summed E-state index contributed by atoms with van der Waals surface area (Å²) in [5.41, 5.74) is 1.71. The Morgan fingerprint density at radius 2 is 2.40 bits per heavy atom. The summed E-state index contributed by atoms with van der Waals surface area (Å²) in [4.78, 5) is 9.73. The Balaban J connectivity index is 1.37. The minimum atomic E-state index is 0.462. The average molecular weight is 293 g/mol. The van der Waals surface area contributed by atoms with Crippen LogP contribution >= 0.6 is 11.3 Å². The Morgan fingerprint density at radius 1 is 1.50 bits per heavy atom. The Kier molecular flexibility index (Phi) is 3.24. The maximum atomic E-state index is 5.60. The van der Waals surface area contributed by atoms with Gasteiger partial charge in [0.25, 0.3) is 0 Å². The molecular formula is C15H23N3OS. The van der Waals surface area contributed by atoms with Crippen molar-refractivity contribution in [1.29, 1.82) is 0 Å². The number of hydrogen-bond donors (Lipinski definition) is 0. The van der Waals surface area contributed by atoms with Gasteiger partial charge in [-0.3, -0.25) is 4.90 Å². The van der Waals surface area contributed by atoms with Crippen LogP contribution in [0, 0.1) is 5.41 Å². The van der Waals surface area contributed by atoms with Crippen LogP contribution in [0.15, 0.2) is 5.38 Å². The van der Waals surface area contributed by atoms with E-state index in [1.54, 1.807) is 11.3 Å². The van der Waals surface area contributed by atoms with Gasteiger partial charge >= 0.3 is 0 Å². The first-order valence-corrected chi connectivity index (χ1v) is 8.59. The number of rotatable bonds is 4. The molecule has 0 amide bonds. The first kappa shape index (κ1) is 13.0. The number of likely N-dealkylation sites (tertiary alicyclic amines) is 1. The summed E-state index contributed by atoms with van der Waals surface area (Å²) in [6, 6.07) is 0.750. The fourth-order valence-electron chi connectivity index (χ4n) is 3.51. The van der Waals surface area contributed by atoms with Gasteiger partial charge in [0.05, 0.1) is 12.3 Å². The van der Waals surface area contributed by atoms with Gasteiger partial charge < -0.3 is 9.64 Å². The van der Waals surface area contributed by atoms with Crippen LogP contribution in [0.4, 0.5) is 5.13 Å². The van der Waals surface area contributed by atoms with E-state index in [0.29, 0.717) is 5.41 Å². The van der Waals surface area contributed by atoms with E-state index in [0.717, 1.165) is 25.8 Å². The lowest BCUT2D eigenvalue weighted by atomic mass is 9.87. The lowest BCUT2D eigenvalue weighted by Gasteiger charge is -2.21. The van der Waals surface area contributed by atoms with E-state index in [-0.39, 0.29) is 0 Å². The highest BCUT2D eigenvalue weighted by Crippen LogP contribution is 2.39. The van der Waals surface area contributed by atoms with Crippen LogP contribution in [0.25, 0.3) is 0 Å². The summed E-state index contributed by atoms with van der Waals surface area (Å²) in [5, 5.41) is 3.44. The largest absolute Gasteiger partial charge is 0.381 e. The highest BCUT2D eigenvalue weighted by atomic mass is 32.1. The third kappa shape index (κ3) is 2.47. The minimum absolute atomic E-state index is 0.462. The molecule has 0 radical (unpaired) electrons. The van der Waals surface area contributed by atoms with E-state index >= 15 is 0 Å². The van der Waals surface area contributed by atoms with Gasteiger partial charge in [-0.15, -0.1) is 11.3 Å². The summed E-state index contributed by atoms with van der Waals surface area (Å²) >= 11 is 1.80. The van der Waals surface area contributed by atoms with Crippen LogP contribution in [-0.4, -0.2) is 49.3 Å². The van der Waals surface area contributed by atoms with E-state index in [1.807, 2.05) is 0 Å². The molecule has 1 aliphatic carbocycles. The van der Waals surface area contributed by atoms with Crippen molar-refractivity contribution in [2.24, 2.45) is 5.41 Å². The molecule has 1 saturated carbocycles. The molecule has 1 atom stereocenters. The van der Waals surface area contributed by atoms with Crippen LogP contribution in [0.3, 0.4) is 0 Å². The Hall–Kier alpha value is -0.650. The monoisotopic (exact) mass is 293 g/mol. The fraction of sp³-hybridized carbons (Fsp3) is 0.800. The molecule has 3 aliphatic rings. The Bertz CT molecular complexity index is 479. The van der Waals surface area contributed by atoms with Crippen molar-refractivity contribution in [3.63, 3.8) is 0 Å². The van der Waals surface area contributed by atoms with Gasteiger partial charge in [-0.25, -0.2) is 4.98 Å². The SMILES string of the molecule is CN(c1nc(CN2CC[C@]3(CCOC3)C2)cs1)C1CC1. The van der Waals surface area contributed by atoms with Crippen molar-refractivity contribution in [2.45, 2.75) is 38.3 Å². The summed E-state index contributed by atoms with van der Waals surface area (Å²) in [6.07, 6.45) is 5.21. The molecule has 2 aliphatic heterocycles. The van der Waals surface area contributed by atoms with Gasteiger partial charge in [-0.1, -0.05) is 0 Å². The number of ether oxygens (including phenoxy) is 1. The molecule has 3 fully saturated rings. The number of aromatic nitrogens is 1. The highest BCUT2D eigenvalue weighted by Gasteiger charge is 2.41. The van der Waals surface area contributed by atoms with E-state index in [2.05, 4.69) is 22.2 Å². The van der Waals surface area contributed by atoms with E-state index < -0.39 is 0 Å². The molecule has 4 nitrogen and oxygen atoms in total. The van der Waals surface area contributed by atoms with E-state index in [9.17, 15) is 0 Å². The fourth-order valence-corrected chi connectivity index (χ4v) is 4.37. The first-order chi connectivity index (χ1) is 9.74. The molecule has 0 aromatic carbocycles. The van der Waals surface area contributed by atoms with Crippen molar-refractivity contribution in [3.05, 3.63) is 11.1 Å². The molecule has 2 saturated heterocycles. The Labute approximate surface area is 124 Å². The minimum Gasteiger partial charge on any atom is -0.381 e. The number of hydrogen-bond acceptors (Lipinski definition) is 5. The molecule has 20 heavy (non-hydrogen) atoms. The maximum absolute atomic E-state index is 5.60. The van der Waals surface area contributed by atoms with E-state index in [4.69, 9.17) is 9.72 Å². The molecule has 3 heterocycles. The lowest BCUT2D eigenvalue weighted by Crippen LogP contribution is -2.27. The standard InChI is InChI=1S/C15H23N3OS/c1-17(13-2-3-13)14-16-12(9-20-14)8-18-6-4-15(10-18)5-7-19-11-15/h9,13H,2-8,10-11H2,1H3/t15-/m0/s1. The molecule has 1 spiro atoms. The van der Waals surface area contributed by atoms with Crippen LogP contribution in [0.2, 0.25) is 0 Å². The topological polar surface area (TPSA) is 28.6 Å². The summed E-state index contributed by atoms with van der Waals surface area (Å²) < 4.78 is 5.60. The van der Waals surface area contributed by atoms with Crippen molar-refractivity contribution in [3.8, 4) is 0 Å². The third-order valence-corrected chi connectivity index (χ3v) is 6.00. The molecule has 1 aromatic rings. The lowest BCUT2D eigenvalue weighted by molar-refractivity contribution is 0.151. The van der Waals surface area contributed by atoms with Crippen LogP contribution in [0.1, 0.15) is 31.4 Å². The summed E-state index contributed by atoms with van der Waals surface area (Å²) in [7, 11) is 2.18. The van der Waals surface area contributed by atoms with Crippen LogP contribution in [0.5, 0.6) is 0 Å². The molecule has 4 rings (SSSR count). The zero-order valence-corrected chi connectivity index (χ0v) is 13.0. The van der Waals surface area contributed by atoms with Crippen molar-refractivity contribution in [1.82, 2.24) is 9.88 Å². The maximum Gasteiger partial charge on any atom is 0.185 e. The first-order valence-electron chi connectivity index (χ1n) is 7.72. The Morgan fingerprint density at radius 3 is 3.15 bits per heavy atom. The zero-order valence-electron chi connectivity index (χ0n) is 12.2. The molecular weight excluding hydrogens is 270 g/mol. The second-order valence-corrected chi connectivity index (χ2v) is 7.56. The van der Waals surface area contributed by atoms with Gasteiger partial charge in [0, 0.05) is 43.6 Å². The second kappa shape index (κ2) is 4.97. The normalized spacial score (nSPS) is 30.4. The number of nitrogens with zero attached hydrogens (tertiary/aromatic N) is 3. The van der Waals surface area contributed by atoms with Crippen LogP contribution in [-0.2, 0) is 11.3 Å². The molecule has 0 N–H and O–H groups in total. The van der Waals surface area contributed by atoms with Crippen molar-refractivity contribution >= 4 is 16.5 Å². The average Bonchev–Trinajstić information content (AvgIpc) is 2.87. The van der Waals surface area contributed by atoms with Crippen molar-refractivity contribution in [2.75, 3.05) is 38.3 Å². The van der Waals surface area contributed by atoms with Gasteiger partial charge in [0.15, 0.2) is 5.13 Å². The second-order valence-electron chi connectivity index (χ2n) is 6.73. The van der Waals surface area contributed by atoms with Gasteiger partial charge in [0.1, 0.15) is 0 Å². The summed E-state index contributed by atoms with van der Waals surface area (Å²) in [6.45, 7) is 5.33. The van der Waals surface area contributed by atoms with Gasteiger partial charge in [0.2, 0.25) is 0 Å². The number of thiazole rings is 1. The van der Waals surface area contributed by atoms with Gasteiger partial charge in [-0.2, -0.15) is 0 Å². The summed E-state index contributed by atoms with van der Waals surface area (Å²) in [5.74, 6) is 0. The quantitative estimate of drug-likeness (QED) is 0.852. The molecule has 5 heteroatoms. The molecule has 0 bridgehead atoms. The van der Waals surface area contributed by atoms with Crippen molar-refractivity contribution < 1.29 is 4.74 Å². The van der Waals surface area contributed by atoms with Crippen LogP contribution < -0.4 is 4.90 Å². The van der Waals surface area contributed by atoms with E-state index in [1.165, 1.54) is 49.6 Å². The third-order valence-electron chi connectivity index (χ3n) is 5.02. The molecule has 1 aromatic heterocycles.